The molecular weight excluding hydrogens is 251 g/mol. The number of rotatable bonds is 2. The maximum atomic E-state index is 14.1. The zero-order valence-corrected chi connectivity index (χ0v) is 10.7. The molecule has 3 heterocycles. The average Bonchev–Trinajstić information content (AvgIpc) is 2.94. The van der Waals surface area contributed by atoms with E-state index in [4.69, 9.17) is 4.74 Å². The first-order valence-corrected chi connectivity index (χ1v) is 6.25. The van der Waals surface area contributed by atoms with E-state index >= 15 is 0 Å². The smallest absolute Gasteiger partial charge is 0.173 e. The van der Waals surface area contributed by atoms with Gasteiger partial charge in [0.25, 0.3) is 0 Å². The van der Waals surface area contributed by atoms with Gasteiger partial charge in [0.15, 0.2) is 18.0 Å². The maximum Gasteiger partial charge on any atom is 0.173 e. The number of aliphatic hydroxyl groups excluding tert-OH is 1. The Balaban J connectivity index is 2.04. The van der Waals surface area contributed by atoms with Gasteiger partial charge in [-0.1, -0.05) is 6.92 Å². The van der Waals surface area contributed by atoms with Gasteiger partial charge in [0, 0.05) is 0 Å². The van der Waals surface area contributed by atoms with Crippen molar-refractivity contribution in [3.63, 3.8) is 0 Å². The van der Waals surface area contributed by atoms with Crippen LogP contribution in [0.1, 0.15) is 25.3 Å². The first-order chi connectivity index (χ1) is 9.13. The number of aliphatic hydroxyl groups is 1. The van der Waals surface area contributed by atoms with Gasteiger partial charge in [-0.05, 0) is 13.3 Å². The molecule has 1 fully saturated rings. The zero-order chi connectivity index (χ0) is 13.6. The van der Waals surface area contributed by atoms with Gasteiger partial charge in [-0.3, -0.25) is 4.57 Å². The van der Waals surface area contributed by atoms with Crippen LogP contribution in [0.4, 0.5) is 4.39 Å². The molecular formula is C12H15FN4O2. The van der Waals surface area contributed by atoms with E-state index in [-0.39, 0.29) is 0 Å². The van der Waals surface area contributed by atoms with E-state index in [0.29, 0.717) is 17.6 Å². The molecule has 0 aliphatic carbocycles. The van der Waals surface area contributed by atoms with Crippen LogP contribution in [0.3, 0.4) is 0 Å². The topological polar surface area (TPSA) is 73.1 Å². The van der Waals surface area contributed by atoms with Gasteiger partial charge in [-0.2, -0.15) is 0 Å². The second-order valence-electron chi connectivity index (χ2n) is 4.69. The Bertz CT molecular complexity index is 602. The molecule has 0 amide bonds. The summed E-state index contributed by atoms with van der Waals surface area (Å²) in [4.78, 5) is 12.3. The van der Waals surface area contributed by atoms with Crippen molar-refractivity contribution in [1.82, 2.24) is 19.5 Å². The number of nitrogens with zero attached hydrogens (tertiary/aromatic N) is 4. The fourth-order valence-corrected chi connectivity index (χ4v) is 2.42. The molecule has 6 nitrogen and oxygen atoms in total. The van der Waals surface area contributed by atoms with Gasteiger partial charge >= 0.3 is 0 Å². The Morgan fingerprint density at radius 1 is 1.42 bits per heavy atom. The summed E-state index contributed by atoms with van der Waals surface area (Å²) in [5.41, 5.74) is 1.86. The molecule has 7 heteroatoms. The number of hydrogen-bond donors (Lipinski definition) is 1. The molecule has 0 radical (unpaired) electrons. The third kappa shape index (κ3) is 1.81. The summed E-state index contributed by atoms with van der Waals surface area (Å²) < 4.78 is 21.2. The van der Waals surface area contributed by atoms with E-state index in [0.717, 1.165) is 5.69 Å². The van der Waals surface area contributed by atoms with E-state index in [1.54, 1.807) is 0 Å². The fourth-order valence-electron chi connectivity index (χ4n) is 2.42. The first-order valence-electron chi connectivity index (χ1n) is 6.25. The van der Waals surface area contributed by atoms with Gasteiger partial charge in [-0.25, -0.2) is 19.3 Å². The van der Waals surface area contributed by atoms with Crippen molar-refractivity contribution in [3.8, 4) is 0 Å². The molecule has 1 unspecified atom stereocenters. The van der Waals surface area contributed by atoms with Crippen molar-refractivity contribution < 1.29 is 14.2 Å². The van der Waals surface area contributed by atoms with Crippen LogP contribution in [0.2, 0.25) is 0 Å². The molecule has 102 valence electrons. The third-order valence-corrected chi connectivity index (χ3v) is 3.51. The van der Waals surface area contributed by atoms with Gasteiger partial charge in [-0.15, -0.1) is 0 Å². The second-order valence-corrected chi connectivity index (χ2v) is 4.69. The Morgan fingerprint density at radius 3 is 2.89 bits per heavy atom. The van der Waals surface area contributed by atoms with Crippen LogP contribution in [0.5, 0.6) is 0 Å². The standard InChI is InChI=1S/C12H15FN4O2/c1-3-7-10(18)8(13)12(19-7)17-5-16-9-6(2)14-4-15-11(9)17/h4-5,7-8,10,12,18H,3H2,1-2H3/t7-,8+,10?,12-/m1/s1. The number of hydrogen-bond acceptors (Lipinski definition) is 5. The number of alkyl halides is 1. The Hall–Kier alpha value is -1.60. The van der Waals surface area contributed by atoms with Crippen LogP contribution in [0.25, 0.3) is 11.2 Å². The van der Waals surface area contributed by atoms with Crippen LogP contribution in [-0.2, 0) is 4.74 Å². The minimum absolute atomic E-state index is 0.500. The molecule has 2 aromatic rings. The van der Waals surface area contributed by atoms with Crippen molar-refractivity contribution in [2.45, 2.75) is 44.9 Å². The van der Waals surface area contributed by atoms with Gasteiger partial charge < -0.3 is 9.84 Å². The number of aromatic nitrogens is 4. The molecule has 19 heavy (non-hydrogen) atoms. The van der Waals surface area contributed by atoms with Crippen molar-refractivity contribution in [1.29, 1.82) is 0 Å². The minimum Gasteiger partial charge on any atom is -0.387 e. The summed E-state index contributed by atoms with van der Waals surface area (Å²) >= 11 is 0. The van der Waals surface area contributed by atoms with Crippen LogP contribution in [0.15, 0.2) is 12.7 Å². The first kappa shape index (κ1) is 12.4. The molecule has 3 rings (SSSR count). The maximum absolute atomic E-state index is 14.1. The number of fused-ring (bicyclic) bond motifs is 1. The largest absolute Gasteiger partial charge is 0.387 e. The minimum atomic E-state index is -1.49. The summed E-state index contributed by atoms with van der Waals surface area (Å²) in [6, 6.07) is 0. The zero-order valence-electron chi connectivity index (χ0n) is 10.7. The number of ether oxygens (including phenoxy) is 1. The predicted molar refractivity (Wildman–Crippen MR) is 65.2 cm³/mol. The number of aryl methyl sites for hydroxylation is 1. The third-order valence-electron chi connectivity index (χ3n) is 3.51. The van der Waals surface area contributed by atoms with Crippen LogP contribution in [0, 0.1) is 6.92 Å². The Labute approximate surface area is 109 Å². The van der Waals surface area contributed by atoms with Crippen molar-refractivity contribution in [2.75, 3.05) is 0 Å². The molecule has 1 saturated heterocycles. The molecule has 1 aliphatic heterocycles. The fraction of sp³-hybridized carbons (Fsp3) is 0.583. The highest BCUT2D eigenvalue weighted by Crippen LogP contribution is 2.34. The lowest BCUT2D eigenvalue weighted by Crippen LogP contribution is -2.27. The SMILES string of the molecule is CC[C@H]1O[C@@H](n2cnc3c(C)ncnc32)[C@@H](F)C1O. The molecule has 1 N–H and O–H groups in total. The predicted octanol–water partition coefficient (Wildman–Crippen LogP) is 1.14. The lowest BCUT2D eigenvalue weighted by molar-refractivity contribution is -0.0238. The summed E-state index contributed by atoms with van der Waals surface area (Å²) in [5, 5.41) is 9.79. The number of halogens is 1. The molecule has 0 aromatic carbocycles. The molecule has 1 aliphatic rings. The van der Waals surface area contributed by atoms with E-state index < -0.39 is 24.6 Å². The second kappa shape index (κ2) is 4.50. The highest BCUT2D eigenvalue weighted by atomic mass is 19.1. The van der Waals surface area contributed by atoms with Gasteiger partial charge in [0.2, 0.25) is 0 Å². The lowest BCUT2D eigenvalue weighted by Gasteiger charge is -2.14. The summed E-state index contributed by atoms with van der Waals surface area (Å²) in [5.74, 6) is 0. The molecule has 2 aromatic heterocycles. The molecule has 0 spiro atoms. The van der Waals surface area contributed by atoms with Gasteiger partial charge in [0.05, 0.1) is 18.1 Å². The molecule has 0 saturated carbocycles. The van der Waals surface area contributed by atoms with Crippen molar-refractivity contribution in [2.24, 2.45) is 0 Å². The van der Waals surface area contributed by atoms with E-state index in [9.17, 15) is 9.50 Å². The molecule has 0 bridgehead atoms. The quantitative estimate of drug-likeness (QED) is 0.882. The monoisotopic (exact) mass is 266 g/mol. The summed E-state index contributed by atoms with van der Waals surface area (Å²) in [6.07, 6.45) is -0.550. The van der Waals surface area contributed by atoms with E-state index in [1.807, 2.05) is 13.8 Å². The van der Waals surface area contributed by atoms with Gasteiger partial charge in [0.1, 0.15) is 17.9 Å². The highest BCUT2D eigenvalue weighted by molar-refractivity contribution is 5.72. The normalized spacial score (nSPS) is 31.2. The summed E-state index contributed by atoms with van der Waals surface area (Å²) in [6.45, 7) is 3.66. The average molecular weight is 266 g/mol. The number of imidazole rings is 1. The van der Waals surface area contributed by atoms with E-state index in [2.05, 4.69) is 15.0 Å². The lowest BCUT2D eigenvalue weighted by atomic mass is 10.1. The Kier molecular flexibility index (Phi) is 2.94. The van der Waals surface area contributed by atoms with Crippen molar-refractivity contribution >= 4 is 11.2 Å². The highest BCUT2D eigenvalue weighted by Gasteiger charge is 2.44. The van der Waals surface area contributed by atoms with Crippen LogP contribution >= 0.6 is 0 Å². The molecule has 4 atom stereocenters. The van der Waals surface area contributed by atoms with E-state index in [1.165, 1.54) is 17.2 Å². The van der Waals surface area contributed by atoms with Crippen LogP contribution in [-0.4, -0.2) is 43.0 Å². The Morgan fingerprint density at radius 2 is 2.21 bits per heavy atom. The van der Waals surface area contributed by atoms with Crippen molar-refractivity contribution in [3.05, 3.63) is 18.3 Å². The summed E-state index contributed by atoms with van der Waals surface area (Å²) in [7, 11) is 0. The van der Waals surface area contributed by atoms with Crippen LogP contribution < -0.4 is 0 Å².